The van der Waals surface area contributed by atoms with Crippen LogP contribution >= 0.6 is 0 Å². The van der Waals surface area contributed by atoms with Gasteiger partial charge in [-0.05, 0) is 68.3 Å². The number of unbranched alkanes of at least 4 members (excludes halogenated alkanes) is 4. The molecular formula is C26H42FN. The van der Waals surface area contributed by atoms with Crippen LogP contribution in [0.4, 0.5) is 4.39 Å². The molecular weight excluding hydrogens is 345 g/mol. The number of allylic oxidation sites excluding steroid dienone is 4. The molecule has 0 aromatic rings. The van der Waals surface area contributed by atoms with E-state index in [2.05, 4.69) is 6.92 Å². The lowest BCUT2D eigenvalue weighted by Crippen LogP contribution is -2.25. The van der Waals surface area contributed by atoms with Crippen molar-refractivity contribution >= 4 is 0 Å². The smallest absolute Gasteiger partial charge is 0.195 e. The number of hydrogen-bond donors (Lipinski definition) is 0. The number of nitriles is 1. The van der Waals surface area contributed by atoms with Crippen molar-refractivity contribution in [3.8, 4) is 6.07 Å². The van der Waals surface area contributed by atoms with Crippen LogP contribution in [0.2, 0.25) is 0 Å². The minimum atomic E-state index is -0.706. The zero-order chi connectivity index (χ0) is 20.0. The number of nitrogens with zero attached hydrogens (tertiary/aromatic N) is 1. The van der Waals surface area contributed by atoms with Gasteiger partial charge in [-0.1, -0.05) is 83.3 Å². The third-order valence-corrected chi connectivity index (χ3v) is 7.39. The first-order chi connectivity index (χ1) is 13.7. The summed E-state index contributed by atoms with van der Waals surface area (Å²) in [4.78, 5) is 0. The molecule has 0 spiro atoms. The Labute approximate surface area is 173 Å². The summed E-state index contributed by atoms with van der Waals surface area (Å²) in [7, 11) is 0. The van der Waals surface area contributed by atoms with Gasteiger partial charge in [-0.15, -0.1) is 0 Å². The summed E-state index contributed by atoms with van der Waals surface area (Å²) in [6.45, 7) is 2.30. The summed E-state index contributed by atoms with van der Waals surface area (Å²) in [5, 5.41) is 8.38. The first-order valence-electron chi connectivity index (χ1n) is 12.1. The number of hydrogen-bond acceptors (Lipinski definition) is 1. The molecule has 2 rings (SSSR count). The van der Waals surface area contributed by atoms with E-state index >= 15 is 0 Å². The van der Waals surface area contributed by atoms with E-state index in [4.69, 9.17) is 5.26 Å². The van der Waals surface area contributed by atoms with Gasteiger partial charge in [0, 0.05) is 0 Å². The van der Waals surface area contributed by atoms with Gasteiger partial charge in [0.15, 0.2) is 5.83 Å². The molecule has 0 aromatic carbocycles. The molecule has 0 N–H and O–H groups in total. The Kier molecular flexibility index (Phi) is 11.6. The molecule has 0 aromatic heterocycles. The van der Waals surface area contributed by atoms with Gasteiger partial charge in [-0.25, -0.2) is 0 Å². The van der Waals surface area contributed by atoms with Gasteiger partial charge in [-0.2, -0.15) is 9.65 Å². The quantitative estimate of drug-likeness (QED) is 0.197. The normalized spacial score (nSPS) is 29.1. The molecule has 0 atom stereocenters. The molecule has 0 amide bonds. The van der Waals surface area contributed by atoms with Crippen molar-refractivity contribution in [3.63, 3.8) is 0 Å². The molecule has 2 fully saturated rings. The van der Waals surface area contributed by atoms with Crippen molar-refractivity contribution in [2.24, 2.45) is 23.7 Å². The van der Waals surface area contributed by atoms with Gasteiger partial charge in [0.2, 0.25) is 0 Å². The van der Waals surface area contributed by atoms with Crippen LogP contribution in [0.5, 0.6) is 0 Å². The van der Waals surface area contributed by atoms with Crippen molar-refractivity contribution < 1.29 is 4.39 Å². The maximum Gasteiger partial charge on any atom is 0.199 e. The fourth-order valence-corrected chi connectivity index (χ4v) is 5.55. The highest BCUT2D eigenvalue weighted by atomic mass is 19.1. The van der Waals surface area contributed by atoms with Crippen molar-refractivity contribution in [2.75, 3.05) is 0 Å². The maximum absolute atomic E-state index is 12.7. The molecule has 0 aliphatic heterocycles. The number of halogens is 1. The Morgan fingerprint density at radius 1 is 0.857 bits per heavy atom. The van der Waals surface area contributed by atoms with Crippen LogP contribution in [0.15, 0.2) is 24.1 Å². The minimum Gasteiger partial charge on any atom is -0.195 e. The fraction of sp³-hybridized carbons (Fsp3) is 0.808. The largest absolute Gasteiger partial charge is 0.199 e. The van der Waals surface area contributed by atoms with E-state index in [1.807, 2.05) is 6.08 Å². The van der Waals surface area contributed by atoms with Crippen LogP contribution in [0, 0.1) is 35.0 Å². The molecule has 0 bridgehead atoms. The second-order valence-electron chi connectivity index (χ2n) is 9.40. The summed E-state index contributed by atoms with van der Waals surface area (Å²) in [6.07, 6.45) is 27.4. The second kappa shape index (κ2) is 14.0. The van der Waals surface area contributed by atoms with Crippen LogP contribution in [0.3, 0.4) is 0 Å². The van der Waals surface area contributed by atoms with Crippen LogP contribution < -0.4 is 0 Å². The van der Waals surface area contributed by atoms with E-state index in [1.165, 1.54) is 108 Å². The molecule has 0 unspecified atom stereocenters. The lowest BCUT2D eigenvalue weighted by Gasteiger charge is -2.38. The van der Waals surface area contributed by atoms with Crippen molar-refractivity contribution in [1.82, 2.24) is 0 Å². The summed E-state index contributed by atoms with van der Waals surface area (Å²) in [5.41, 5.74) is 0. The van der Waals surface area contributed by atoms with Gasteiger partial charge >= 0.3 is 0 Å². The van der Waals surface area contributed by atoms with E-state index in [0.29, 0.717) is 0 Å². The van der Waals surface area contributed by atoms with Gasteiger partial charge in [0.25, 0.3) is 0 Å². The predicted molar refractivity (Wildman–Crippen MR) is 117 cm³/mol. The fourth-order valence-electron chi connectivity index (χ4n) is 5.55. The van der Waals surface area contributed by atoms with E-state index < -0.39 is 5.83 Å². The summed E-state index contributed by atoms with van der Waals surface area (Å²) >= 11 is 0. The first kappa shape index (κ1) is 23.2. The van der Waals surface area contributed by atoms with E-state index in [1.54, 1.807) is 6.08 Å². The van der Waals surface area contributed by atoms with Crippen LogP contribution in [0.1, 0.15) is 110 Å². The van der Waals surface area contributed by atoms with Crippen LogP contribution in [-0.2, 0) is 0 Å². The van der Waals surface area contributed by atoms with E-state index in [0.717, 1.165) is 30.1 Å². The molecule has 158 valence electrons. The molecule has 0 saturated heterocycles. The Morgan fingerprint density at radius 3 is 2.00 bits per heavy atom. The summed E-state index contributed by atoms with van der Waals surface area (Å²) < 4.78 is 12.7. The molecule has 2 heteroatoms. The highest BCUT2D eigenvalue weighted by Crippen LogP contribution is 2.43. The Balaban J connectivity index is 1.55. The standard InChI is InChI=1S/C26H42FN/c1-2-3-4-5-7-10-22-13-17-24(18-14-22)25-19-15-23(16-20-25)11-8-6-9-12-26(27)21-28/h6,9,12,22-25H,2-5,7-8,10-11,13-20H2,1H3/t22-,23?,24-,25?. The highest BCUT2D eigenvalue weighted by Gasteiger charge is 2.30. The molecule has 1 nitrogen and oxygen atoms in total. The number of rotatable bonds is 11. The zero-order valence-electron chi connectivity index (χ0n) is 18.2. The molecule has 2 aliphatic carbocycles. The van der Waals surface area contributed by atoms with Crippen LogP contribution in [-0.4, -0.2) is 0 Å². The molecule has 2 aliphatic rings. The summed E-state index contributed by atoms with van der Waals surface area (Å²) in [6, 6.07) is 1.50. The van der Waals surface area contributed by atoms with E-state index in [9.17, 15) is 4.39 Å². The van der Waals surface area contributed by atoms with E-state index in [-0.39, 0.29) is 0 Å². The Hall–Kier alpha value is -1.10. The molecule has 28 heavy (non-hydrogen) atoms. The SMILES string of the molecule is CCCCCCC[C@H]1CC[C@H](C2CCC(CCC=CC=C(F)C#N)CC2)CC1. The third-order valence-electron chi connectivity index (χ3n) is 7.39. The molecule has 0 radical (unpaired) electrons. The Morgan fingerprint density at radius 2 is 1.43 bits per heavy atom. The van der Waals surface area contributed by atoms with Crippen molar-refractivity contribution in [3.05, 3.63) is 24.1 Å². The lowest BCUT2D eigenvalue weighted by atomic mass is 9.68. The topological polar surface area (TPSA) is 23.8 Å². The van der Waals surface area contributed by atoms with Crippen LogP contribution in [0.25, 0.3) is 0 Å². The third kappa shape index (κ3) is 8.93. The zero-order valence-corrected chi connectivity index (χ0v) is 18.2. The highest BCUT2D eigenvalue weighted by molar-refractivity contribution is 5.18. The van der Waals surface area contributed by atoms with Gasteiger partial charge in [-0.3, -0.25) is 0 Å². The second-order valence-corrected chi connectivity index (χ2v) is 9.40. The lowest BCUT2D eigenvalue weighted by molar-refractivity contribution is 0.140. The molecule has 2 saturated carbocycles. The van der Waals surface area contributed by atoms with Gasteiger partial charge in [0.1, 0.15) is 6.07 Å². The van der Waals surface area contributed by atoms with Gasteiger partial charge < -0.3 is 0 Å². The average Bonchev–Trinajstić information content (AvgIpc) is 2.74. The predicted octanol–water partition coefficient (Wildman–Crippen LogP) is 8.67. The van der Waals surface area contributed by atoms with Gasteiger partial charge in [0.05, 0.1) is 0 Å². The minimum absolute atomic E-state index is 0.706. The maximum atomic E-state index is 12.7. The monoisotopic (exact) mass is 387 g/mol. The average molecular weight is 388 g/mol. The summed E-state index contributed by atoms with van der Waals surface area (Å²) in [5.74, 6) is 3.18. The Bertz CT molecular complexity index is 499. The first-order valence-corrected chi connectivity index (χ1v) is 12.1. The molecule has 0 heterocycles. The van der Waals surface area contributed by atoms with Crippen molar-refractivity contribution in [2.45, 2.75) is 110 Å². The van der Waals surface area contributed by atoms with Crippen molar-refractivity contribution in [1.29, 1.82) is 5.26 Å².